The summed E-state index contributed by atoms with van der Waals surface area (Å²) in [5, 5.41) is 2.72. The molecule has 0 aliphatic carbocycles. The number of hydrogen-bond acceptors (Lipinski definition) is 5. The molecule has 0 saturated heterocycles. The maximum absolute atomic E-state index is 11.8. The molecule has 2 aromatic rings. The molecule has 0 radical (unpaired) electrons. The SMILES string of the molecule is CC(C)[C@H](N)C(=O)Nc1nc(Cl)c2[nH]cnc2n1. The minimum absolute atomic E-state index is 0.0228. The molecule has 2 heterocycles. The summed E-state index contributed by atoms with van der Waals surface area (Å²) in [4.78, 5) is 26.5. The van der Waals surface area contributed by atoms with E-state index < -0.39 is 6.04 Å². The van der Waals surface area contributed by atoms with E-state index in [1.54, 1.807) is 0 Å². The Morgan fingerprint density at radius 2 is 2.22 bits per heavy atom. The molecule has 0 aromatic carbocycles. The van der Waals surface area contributed by atoms with Gasteiger partial charge in [0.25, 0.3) is 0 Å². The topological polar surface area (TPSA) is 110 Å². The maximum Gasteiger partial charge on any atom is 0.243 e. The van der Waals surface area contributed by atoms with E-state index in [0.717, 1.165) is 0 Å². The Morgan fingerprint density at radius 1 is 1.50 bits per heavy atom. The molecule has 1 atom stereocenters. The highest BCUT2D eigenvalue weighted by Gasteiger charge is 2.19. The number of amides is 1. The zero-order valence-electron chi connectivity index (χ0n) is 9.94. The second-order valence-corrected chi connectivity index (χ2v) is 4.56. The zero-order chi connectivity index (χ0) is 13.3. The molecule has 0 saturated carbocycles. The molecule has 0 unspecified atom stereocenters. The average Bonchev–Trinajstić information content (AvgIpc) is 2.76. The number of nitrogens with zero attached hydrogens (tertiary/aromatic N) is 3. The van der Waals surface area contributed by atoms with Gasteiger partial charge in [0, 0.05) is 0 Å². The second kappa shape index (κ2) is 4.87. The molecule has 18 heavy (non-hydrogen) atoms. The van der Waals surface area contributed by atoms with Gasteiger partial charge in [-0.2, -0.15) is 9.97 Å². The number of halogens is 1. The highest BCUT2D eigenvalue weighted by molar-refractivity contribution is 6.33. The first-order valence-corrected chi connectivity index (χ1v) is 5.80. The second-order valence-electron chi connectivity index (χ2n) is 4.20. The standard InChI is InChI=1S/C10H13ClN6O/c1-4(2)5(12)9(18)17-10-15-7(11)6-8(16-10)14-3-13-6/h3-5H,12H2,1-2H3,(H2,13,14,15,16,17,18)/t5-/m0/s1. The van der Waals surface area contributed by atoms with Crippen LogP contribution in [0.25, 0.3) is 11.2 Å². The molecule has 0 aliphatic heterocycles. The lowest BCUT2D eigenvalue weighted by Crippen LogP contribution is -2.40. The van der Waals surface area contributed by atoms with E-state index in [2.05, 4.69) is 25.3 Å². The van der Waals surface area contributed by atoms with Crippen molar-refractivity contribution in [2.45, 2.75) is 19.9 Å². The molecule has 0 spiro atoms. The van der Waals surface area contributed by atoms with Gasteiger partial charge in [-0.15, -0.1) is 0 Å². The van der Waals surface area contributed by atoms with E-state index in [1.165, 1.54) is 6.33 Å². The van der Waals surface area contributed by atoms with Gasteiger partial charge in [0.05, 0.1) is 12.4 Å². The third-order valence-corrected chi connectivity index (χ3v) is 2.77. The summed E-state index contributed by atoms with van der Waals surface area (Å²) in [5.74, 6) is -0.230. The largest absolute Gasteiger partial charge is 0.341 e. The minimum atomic E-state index is -0.623. The molecule has 0 bridgehead atoms. The Hall–Kier alpha value is -1.73. The predicted molar refractivity (Wildman–Crippen MR) is 68.1 cm³/mol. The lowest BCUT2D eigenvalue weighted by molar-refractivity contribution is -0.118. The Kier molecular flexibility index (Phi) is 3.44. The highest BCUT2D eigenvalue weighted by atomic mass is 35.5. The van der Waals surface area contributed by atoms with Crippen molar-refractivity contribution in [1.29, 1.82) is 0 Å². The smallest absolute Gasteiger partial charge is 0.243 e. The number of carbonyl (C=O) groups excluding carboxylic acids is 1. The minimum Gasteiger partial charge on any atom is -0.341 e. The van der Waals surface area contributed by atoms with Gasteiger partial charge in [-0.1, -0.05) is 25.4 Å². The molecule has 8 heteroatoms. The van der Waals surface area contributed by atoms with Crippen LogP contribution in [0.1, 0.15) is 13.8 Å². The third-order valence-electron chi connectivity index (χ3n) is 2.50. The van der Waals surface area contributed by atoms with Crippen molar-refractivity contribution in [3.05, 3.63) is 11.5 Å². The molecule has 4 N–H and O–H groups in total. The van der Waals surface area contributed by atoms with Crippen molar-refractivity contribution in [2.75, 3.05) is 5.32 Å². The first-order valence-electron chi connectivity index (χ1n) is 5.42. The van der Waals surface area contributed by atoms with Crippen LogP contribution in [-0.2, 0) is 4.79 Å². The summed E-state index contributed by atoms with van der Waals surface area (Å²) in [7, 11) is 0. The predicted octanol–water partition coefficient (Wildman–Crippen LogP) is 0.928. The van der Waals surface area contributed by atoms with E-state index in [1.807, 2.05) is 13.8 Å². The quantitative estimate of drug-likeness (QED) is 0.717. The van der Waals surface area contributed by atoms with Gasteiger partial charge in [-0.3, -0.25) is 10.1 Å². The molecule has 7 nitrogen and oxygen atoms in total. The van der Waals surface area contributed by atoms with Crippen LogP contribution < -0.4 is 11.1 Å². The van der Waals surface area contributed by atoms with E-state index >= 15 is 0 Å². The van der Waals surface area contributed by atoms with E-state index in [4.69, 9.17) is 17.3 Å². The molecule has 1 amide bonds. The molecule has 2 rings (SSSR count). The summed E-state index contributed by atoms with van der Waals surface area (Å²) in [6.07, 6.45) is 1.46. The third kappa shape index (κ3) is 2.41. The van der Waals surface area contributed by atoms with Gasteiger partial charge in [-0.05, 0) is 5.92 Å². The van der Waals surface area contributed by atoms with Crippen molar-refractivity contribution in [3.63, 3.8) is 0 Å². The first-order chi connectivity index (χ1) is 8.49. The summed E-state index contributed by atoms with van der Waals surface area (Å²) in [5.41, 5.74) is 6.64. The monoisotopic (exact) mass is 268 g/mol. The van der Waals surface area contributed by atoms with E-state index in [0.29, 0.717) is 11.2 Å². The van der Waals surface area contributed by atoms with Crippen LogP contribution in [0.5, 0.6) is 0 Å². The van der Waals surface area contributed by atoms with Crippen LogP contribution in [-0.4, -0.2) is 31.9 Å². The van der Waals surface area contributed by atoms with Crippen LogP contribution in [0.2, 0.25) is 5.15 Å². The van der Waals surface area contributed by atoms with Gasteiger partial charge in [-0.25, -0.2) is 4.98 Å². The fraction of sp³-hybridized carbons (Fsp3) is 0.400. The summed E-state index contributed by atoms with van der Waals surface area (Å²) >= 11 is 5.92. The fourth-order valence-electron chi connectivity index (χ4n) is 1.35. The number of nitrogens with two attached hydrogens (primary N) is 1. The van der Waals surface area contributed by atoms with Gasteiger partial charge in [0.1, 0.15) is 5.52 Å². The first kappa shape index (κ1) is 12.7. The number of aromatic nitrogens is 4. The Labute approximate surface area is 108 Å². The van der Waals surface area contributed by atoms with Gasteiger partial charge in [0.2, 0.25) is 11.9 Å². The molecule has 0 aliphatic rings. The van der Waals surface area contributed by atoms with Crippen molar-refractivity contribution in [1.82, 2.24) is 19.9 Å². The van der Waals surface area contributed by atoms with Crippen LogP contribution in [0.4, 0.5) is 5.95 Å². The van der Waals surface area contributed by atoms with E-state index in [9.17, 15) is 4.79 Å². The molecule has 96 valence electrons. The number of fused-ring (bicyclic) bond motifs is 1. The molecule has 0 fully saturated rings. The van der Waals surface area contributed by atoms with Crippen molar-refractivity contribution >= 4 is 34.6 Å². The number of aromatic amines is 1. The number of H-pyrrole nitrogens is 1. The number of rotatable bonds is 3. The number of hydrogen-bond donors (Lipinski definition) is 3. The van der Waals surface area contributed by atoms with Crippen molar-refractivity contribution in [3.8, 4) is 0 Å². The number of anilines is 1. The summed E-state index contributed by atoms with van der Waals surface area (Å²) in [6, 6.07) is -0.623. The zero-order valence-corrected chi connectivity index (χ0v) is 10.7. The van der Waals surface area contributed by atoms with Crippen molar-refractivity contribution < 1.29 is 4.79 Å². The van der Waals surface area contributed by atoms with Crippen LogP contribution >= 0.6 is 11.6 Å². The summed E-state index contributed by atoms with van der Waals surface area (Å²) < 4.78 is 0. The lowest BCUT2D eigenvalue weighted by Gasteiger charge is -2.14. The maximum atomic E-state index is 11.8. The van der Waals surface area contributed by atoms with E-state index in [-0.39, 0.29) is 22.9 Å². The lowest BCUT2D eigenvalue weighted by atomic mass is 10.1. The van der Waals surface area contributed by atoms with Gasteiger partial charge >= 0.3 is 0 Å². The molecule has 2 aromatic heterocycles. The Morgan fingerprint density at radius 3 is 2.89 bits per heavy atom. The van der Waals surface area contributed by atoms with Crippen LogP contribution in [0, 0.1) is 5.92 Å². The van der Waals surface area contributed by atoms with Crippen molar-refractivity contribution in [2.24, 2.45) is 11.7 Å². The molecular formula is C10H13ClN6O. The number of carbonyl (C=O) groups is 1. The van der Waals surface area contributed by atoms with Crippen LogP contribution in [0.15, 0.2) is 6.33 Å². The normalized spacial score (nSPS) is 12.9. The summed E-state index contributed by atoms with van der Waals surface area (Å²) in [6.45, 7) is 3.71. The highest BCUT2D eigenvalue weighted by Crippen LogP contribution is 2.18. The number of imidazole rings is 1. The Balaban J connectivity index is 2.24. The van der Waals surface area contributed by atoms with Crippen LogP contribution in [0.3, 0.4) is 0 Å². The average molecular weight is 269 g/mol. The number of nitrogens with one attached hydrogen (secondary N) is 2. The van der Waals surface area contributed by atoms with Gasteiger partial charge in [0.15, 0.2) is 10.8 Å². The Bertz CT molecular complexity index is 581. The molecular weight excluding hydrogens is 256 g/mol. The van der Waals surface area contributed by atoms with Gasteiger partial charge < -0.3 is 10.7 Å². The fourth-order valence-corrected chi connectivity index (χ4v) is 1.57.